The highest BCUT2D eigenvalue weighted by Gasteiger charge is 2.34. The molecule has 2 aromatic heterocycles. The van der Waals surface area contributed by atoms with E-state index in [1.54, 1.807) is 4.68 Å². The molecule has 1 aliphatic heterocycles. The van der Waals surface area contributed by atoms with Crippen LogP contribution in [-0.2, 0) is 9.84 Å². The molecule has 3 heterocycles. The van der Waals surface area contributed by atoms with E-state index in [1.807, 2.05) is 13.0 Å². The second-order valence-electron chi connectivity index (χ2n) is 9.27. The number of sulfone groups is 1. The maximum absolute atomic E-state index is 13.2. The van der Waals surface area contributed by atoms with Gasteiger partial charge in [0.05, 0.1) is 34.2 Å². The highest BCUT2D eigenvalue weighted by molar-refractivity contribution is 7.91. The minimum Gasteiger partial charge on any atom is -0.352 e. The number of nitrogens with one attached hydrogen (secondary N) is 1. The Morgan fingerprint density at radius 1 is 1.26 bits per heavy atom. The van der Waals surface area contributed by atoms with E-state index in [0.717, 1.165) is 48.9 Å². The molecule has 7 nitrogen and oxygen atoms in total. The Morgan fingerprint density at radius 3 is 2.77 bits per heavy atom. The van der Waals surface area contributed by atoms with Gasteiger partial charge in [-0.1, -0.05) is 11.6 Å². The molecule has 8 heteroatoms. The molecule has 2 fully saturated rings. The van der Waals surface area contributed by atoms with E-state index >= 15 is 0 Å². The number of aromatic nitrogens is 3. The molecular formula is C23H30N4O3S. The van der Waals surface area contributed by atoms with Crippen LogP contribution in [0.15, 0.2) is 17.7 Å². The van der Waals surface area contributed by atoms with Crippen molar-refractivity contribution in [3.05, 3.63) is 34.7 Å². The van der Waals surface area contributed by atoms with Gasteiger partial charge in [-0.15, -0.1) is 0 Å². The average molecular weight is 443 g/mol. The molecule has 0 spiro atoms. The molecule has 31 heavy (non-hydrogen) atoms. The van der Waals surface area contributed by atoms with Crippen molar-refractivity contribution >= 4 is 26.8 Å². The summed E-state index contributed by atoms with van der Waals surface area (Å²) in [6.45, 7) is 2.51. The number of fused-ring (bicyclic) bond motifs is 1. The number of hydrogen-bond donors (Lipinski definition) is 1. The summed E-state index contributed by atoms with van der Waals surface area (Å²) in [6, 6.07) is 1.72. The molecule has 1 atom stereocenters. The number of allylic oxidation sites excluding steroid dienone is 1. The van der Waals surface area contributed by atoms with Gasteiger partial charge in [-0.05, 0) is 64.4 Å². The van der Waals surface area contributed by atoms with Gasteiger partial charge in [0.25, 0.3) is 5.91 Å². The fraction of sp³-hybridized carbons (Fsp3) is 0.609. The fourth-order valence-corrected chi connectivity index (χ4v) is 6.58. The second-order valence-corrected chi connectivity index (χ2v) is 11.5. The van der Waals surface area contributed by atoms with Crippen LogP contribution in [0.3, 0.4) is 0 Å². The van der Waals surface area contributed by atoms with E-state index in [4.69, 9.17) is 4.98 Å². The third-order valence-electron chi connectivity index (χ3n) is 6.77. The molecule has 166 valence electrons. The first-order chi connectivity index (χ1) is 14.9. The molecular weight excluding hydrogens is 412 g/mol. The number of carbonyl (C=O) groups is 1. The van der Waals surface area contributed by atoms with Crippen LogP contribution >= 0.6 is 0 Å². The maximum atomic E-state index is 13.2. The number of hydrogen-bond acceptors (Lipinski definition) is 5. The van der Waals surface area contributed by atoms with Crippen LogP contribution in [0.4, 0.5) is 0 Å². The van der Waals surface area contributed by atoms with E-state index < -0.39 is 9.84 Å². The molecule has 0 aromatic carbocycles. The van der Waals surface area contributed by atoms with E-state index in [9.17, 15) is 13.2 Å². The molecule has 2 aromatic rings. The van der Waals surface area contributed by atoms with Crippen molar-refractivity contribution < 1.29 is 13.2 Å². The first-order valence-corrected chi connectivity index (χ1v) is 13.3. The van der Waals surface area contributed by atoms with Gasteiger partial charge < -0.3 is 5.32 Å². The minimum atomic E-state index is -3.04. The van der Waals surface area contributed by atoms with Crippen LogP contribution in [-0.4, -0.2) is 47.1 Å². The highest BCUT2D eigenvalue weighted by atomic mass is 32.2. The number of carbonyl (C=O) groups excluding carboxylic acids is 1. The topological polar surface area (TPSA) is 93.9 Å². The lowest BCUT2D eigenvalue weighted by atomic mass is 9.97. The summed E-state index contributed by atoms with van der Waals surface area (Å²) in [7, 11) is -3.04. The van der Waals surface area contributed by atoms with E-state index in [0.29, 0.717) is 30.1 Å². The zero-order chi connectivity index (χ0) is 21.6. The van der Waals surface area contributed by atoms with E-state index in [2.05, 4.69) is 16.5 Å². The van der Waals surface area contributed by atoms with Gasteiger partial charge in [-0.3, -0.25) is 4.79 Å². The lowest BCUT2D eigenvalue weighted by molar-refractivity contribution is 0.0955. The Morgan fingerprint density at radius 2 is 2.10 bits per heavy atom. The summed E-state index contributed by atoms with van der Waals surface area (Å²) in [5.41, 5.74) is 4.37. The Balaban J connectivity index is 1.45. The normalized spacial score (nSPS) is 23.1. The standard InChI is InChI=1S/C23H30N4O3S/c1-15-21-19(23(28)24-11-9-16-5-3-2-4-6-16)13-20(17-7-8-17)25-22(21)27(26-15)18-10-12-31(29,30)14-18/h5,13,17-18H,2-4,6-12,14H2,1H3,(H,24,28)/t18-/m1/s1. The van der Waals surface area contributed by atoms with Crippen LogP contribution in [0.25, 0.3) is 11.0 Å². The largest absolute Gasteiger partial charge is 0.352 e. The van der Waals surface area contributed by atoms with Crippen molar-refractivity contribution in [2.24, 2.45) is 0 Å². The lowest BCUT2D eigenvalue weighted by Crippen LogP contribution is -2.25. The lowest BCUT2D eigenvalue weighted by Gasteiger charge is -2.14. The fourth-order valence-electron chi connectivity index (χ4n) is 4.89. The van der Waals surface area contributed by atoms with Gasteiger partial charge in [0.15, 0.2) is 15.5 Å². The van der Waals surface area contributed by atoms with Crippen molar-refractivity contribution in [2.75, 3.05) is 18.1 Å². The SMILES string of the molecule is Cc1nn([C@@H]2CCS(=O)(=O)C2)c2nc(C3CC3)cc(C(=O)NCCC3=CCCCC3)c12. The van der Waals surface area contributed by atoms with Crippen LogP contribution in [0.1, 0.15) is 85.1 Å². The van der Waals surface area contributed by atoms with E-state index in [1.165, 1.54) is 18.4 Å². The third kappa shape index (κ3) is 4.27. The van der Waals surface area contributed by atoms with Gasteiger partial charge in [0, 0.05) is 18.2 Å². The number of pyridine rings is 1. The predicted molar refractivity (Wildman–Crippen MR) is 120 cm³/mol. The Bertz CT molecular complexity index is 1160. The number of aryl methyl sites for hydroxylation is 1. The zero-order valence-corrected chi connectivity index (χ0v) is 18.9. The Labute approximate surface area is 183 Å². The van der Waals surface area contributed by atoms with Crippen molar-refractivity contribution in [3.8, 4) is 0 Å². The quantitative estimate of drug-likeness (QED) is 0.690. The second kappa shape index (κ2) is 8.04. The summed E-state index contributed by atoms with van der Waals surface area (Å²) in [4.78, 5) is 18.1. The molecule has 5 rings (SSSR count). The first kappa shape index (κ1) is 20.7. The van der Waals surface area contributed by atoms with E-state index in [-0.39, 0.29) is 23.5 Å². The molecule has 1 N–H and O–H groups in total. The van der Waals surface area contributed by atoms with Crippen molar-refractivity contribution in [3.63, 3.8) is 0 Å². The van der Waals surface area contributed by atoms with Crippen molar-refractivity contribution in [2.45, 2.75) is 70.3 Å². The summed E-state index contributed by atoms with van der Waals surface area (Å²) in [5.74, 6) is 0.574. The Kier molecular flexibility index (Phi) is 5.36. The predicted octanol–water partition coefficient (Wildman–Crippen LogP) is 3.60. The molecule has 1 saturated carbocycles. The van der Waals surface area contributed by atoms with Crippen LogP contribution in [0.2, 0.25) is 0 Å². The van der Waals surface area contributed by atoms with Gasteiger partial charge >= 0.3 is 0 Å². The molecule has 1 saturated heterocycles. The number of nitrogens with zero attached hydrogens (tertiary/aromatic N) is 3. The Hall–Kier alpha value is -2.22. The van der Waals surface area contributed by atoms with Crippen molar-refractivity contribution in [1.82, 2.24) is 20.1 Å². The van der Waals surface area contributed by atoms with Crippen molar-refractivity contribution in [1.29, 1.82) is 0 Å². The molecule has 0 unspecified atom stereocenters. The monoisotopic (exact) mass is 442 g/mol. The highest BCUT2D eigenvalue weighted by Crippen LogP contribution is 2.41. The smallest absolute Gasteiger partial charge is 0.252 e. The average Bonchev–Trinajstić information content (AvgIpc) is 3.47. The zero-order valence-electron chi connectivity index (χ0n) is 18.1. The summed E-state index contributed by atoms with van der Waals surface area (Å²) in [6.07, 6.45) is 10.7. The number of rotatable bonds is 6. The molecule has 0 radical (unpaired) electrons. The molecule has 1 amide bonds. The summed E-state index contributed by atoms with van der Waals surface area (Å²) < 4.78 is 25.8. The number of amides is 1. The van der Waals surface area contributed by atoms with Crippen LogP contribution in [0.5, 0.6) is 0 Å². The summed E-state index contributed by atoms with van der Waals surface area (Å²) in [5, 5.41) is 8.51. The van der Waals surface area contributed by atoms with Crippen LogP contribution < -0.4 is 5.32 Å². The van der Waals surface area contributed by atoms with Gasteiger partial charge in [-0.25, -0.2) is 18.1 Å². The molecule has 3 aliphatic rings. The third-order valence-corrected chi connectivity index (χ3v) is 8.52. The first-order valence-electron chi connectivity index (χ1n) is 11.5. The van der Waals surface area contributed by atoms with Gasteiger partial charge in [0.2, 0.25) is 0 Å². The maximum Gasteiger partial charge on any atom is 0.252 e. The molecule has 0 bridgehead atoms. The summed E-state index contributed by atoms with van der Waals surface area (Å²) >= 11 is 0. The molecule has 2 aliphatic carbocycles. The van der Waals surface area contributed by atoms with Gasteiger partial charge in [0.1, 0.15) is 0 Å². The van der Waals surface area contributed by atoms with Crippen LogP contribution in [0, 0.1) is 6.92 Å². The van der Waals surface area contributed by atoms with Gasteiger partial charge in [-0.2, -0.15) is 5.10 Å². The minimum absolute atomic E-state index is 0.0904.